The Morgan fingerprint density at radius 1 is 0.588 bits per heavy atom. The fourth-order valence-corrected chi connectivity index (χ4v) is 4.35. The van der Waals surface area contributed by atoms with Crippen molar-refractivity contribution in [2.45, 2.75) is 104 Å². The summed E-state index contributed by atoms with van der Waals surface area (Å²) < 4.78 is 63.1. The van der Waals surface area contributed by atoms with Gasteiger partial charge in [0.05, 0.1) is 0 Å². The van der Waals surface area contributed by atoms with Gasteiger partial charge in [0.1, 0.15) is 0 Å². The highest BCUT2D eigenvalue weighted by Gasteiger charge is 2.59. The van der Waals surface area contributed by atoms with Gasteiger partial charge in [-0.25, -0.2) is 0 Å². The summed E-state index contributed by atoms with van der Waals surface area (Å²) in [6.07, 6.45) is 2.18. The Kier molecular flexibility index (Phi) is 7.76. The van der Waals surface area contributed by atoms with Crippen LogP contribution in [0.2, 0.25) is 0 Å². The van der Waals surface area contributed by atoms with Crippen LogP contribution in [0.4, 0.5) is 28.9 Å². The molecule has 0 aliphatic rings. The van der Waals surface area contributed by atoms with E-state index >= 15 is 17.6 Å². The van der Waals surface area contributed by atoms with Gasteiger partial charge in [-0.15, -0.1) is 0 Å². The third-order valence-corrected chi connectivity index (χ3v) is 6.31. The normalized spacial score (nSPS) is 13.4. The molecule has 2 aromatic rings. The summed E-state index contributed by atoms with van der Waals surface area (Å²) in [6.45, 7) is 14.8. The van der Waals surface area contributed by atoms with E-state index in [1.54, 1.807) is 0 Å². The van der Waals surface area contributed by atoms with Crippen molar-refractivity contribution < 1.29 is 17.6 Å². The Bertz CT molecular complexity index is 945. The lowest BCUT2D eigenvalue weighted by Gasteiger charge is -2.32. The van der Waals surface area contributed by atoms with Crippen LogP contribution < -0.4 is 11.5 Å². The monoisotopic (exact) mass is 480 g/mol. The van der Waals surface area contributed by atoms with E-state index in [9.17, 15) is 0 Å². The molecule has 2 nitrogen and oxygen atoms in total. The molecule has 0 aliphatic heterocycles. The third-order valence-electron chi connectivity index (χ3n) is 6.31. The Balaban J connectivity index is 2.80. The minimum atomic E-state index is -4.45. The van der Waals surface area contributed by atoms with Crippen LogP contribution in [0.5, 0.6) is 0 Å². The van der Waals surface area contributed by atoms with Crippen molar-refractivity contribution in [1.29, 1.82) is 0 Å². The van der Waals surface area contributed by atoms with E-state index in [2.05, 4.69) is 0 Å². The zero-order valence-electron chi connectivity index (χ0n) is 21.8. The molecule has 2 rings (SSSR count). The predicted octanol–water partition coefficient (Wildman–Crippen LogP) is 8.23. The highest BCUT2D eigenvalue weighted by atomic mass is 19.3. The van der Waals surface area contributed by atoms with E-state index in [0.29, 0.717) is 59.3 Å². The molecule has 0 bridgehead atoms. The van der Waals surface area contributed by atoms with Crippen LogP contribution in [0.1, 0.15) is 102 Å². The molecule has 6 heteroatoms. The van der Waals surface area contributed by atoms with Crippen LogP contribution in [0.3, 0.4) is 0 Å². The Labute approximate surface area is 202 Å². The van der Waals surface area contributed by atoms with Crippen LogP contribution >= 0.6 is 0 Å². The standard InChI is InChI=1S/C28H40F4N2/c1-9-11-17-13-19(15-21(23(17)33)25(3,4)5)27(29,30)28(31,32)20-14-18(12-10-2)24(34)22(16-20)26(6,7)8/h13-16H,9-12,33-34H2,1-8H3. The first-order valence-electron chi connectivity index (χ1n) is 12.0. The molecule has 34 heavy (non-hydrogen) atoms. The van der Waals surface area contributed by atoms with Gasteiger partial charge in [-0.05, 0) is 70.2 Å². The van der Waals surface area contributed by atoms with Crippen molar-refractivity contribution in [1.82, 2.24) is 0 Å². The van der Waals surface area contributed by atoms with Crippen LogP contribution in [0.15, 0.2) is 24.3 Å². The molecule has 0 unspecified atom stereocenters. The molecule has 0 saturated heterocycles. The highest BCUT2D eigenvalue weighted by Crippen LogP contribution is 2.52. The molecular weight excluding hydrogens is 440 g/mol. The van der Waals surface area contributed by atoms with Crippen molar-refractivity contribution >= 4 is 11.4 Å². The number of rotatable bonds is 7. The summed E-state index contributed by atoms with van der Waals surface area (Å²) >= 11 is 0. The van der Waals surface area contributed by atoms with E-state index in [1.165, 1.54) is 0 Å². The van der Waals surface area contributed by atoms with Crippen molar-refractivity contribution in [3.8, 4) is 0 Å². The first kappa shape index (κ1) is 28.0. The van der Waals surface area contributed by atoms with Gasteiger partial charge in [-0.3, -0.25) is 0 Å². The van der Waals surface area contributed by atoms with Gasteiger partial charge in [0.15, 0.2) is 0 Å². The zero-order valence-corrected chi connectivity index (χ0v) is 21.8. The fraction of sp³-hybridized carbons (Fsp3) is 0.571. The predicted molar refractivity (Wildman–Crippen MR) is 135 cm³/mol. The Morgan fingerprint density at radius 3 is 1.12 bits per heavy atom. The molecule has 0 atom stereocenters. The lowest BCUT2D eigenvalue weighted by Crippen LogP contribution is -2.37. The van der Waals surface area contributed by atoms with Gasteiger partial charge in [-0.2, -0.15) is 17.6 Å². The van der Waals surface area contributed by atoms with Gasteiger partial charge in [0.25, 0.3) is 0 Å². The smallest absolute Gasteiger partial charge is 0.339 e. The van der Waals surface area contributed by atoms with Gasteiger partial charge in [-0.1, -0.05) is 68.2 Å². The lowest BCUT2D eigenvalue weighted by atomic mass is 9.79. The van der Waals surface area contributed by atoms with Crippen molar-refractivity contribution in [2.24, 2.45) is 0 Å². The number of alkyl halides is 4. The maximum absolute atomic E-state index is 15.8. The maximum atomic E-state index is 15.8. The second kappa shape index (κ2) is 9.43. The zero-order chi connectivity index (χ0) is 26.3. The van der Waals surface area contributed by atoms with E-state index < -0.39 is 33.8 Å². The first-order chi connectivity index (χ1) is 15.4. The summed E-state index contributed by atoms with van der Waals surface area (Å²) in [6, 6.07) is 4.60. The molecule has 0 spiro atoms. The molecule has 0 aromatic heterocycles. The number of hydrogen-bond donors (Lipinski definition) is 2. The van der Waals surface area contributed by atoms with Gasteiger partial charge in [0, 0.05) is 22.5 Å². The summed E-state index contributed by atoms with van der Waals surface area (Å²) in [5.41, 5.74) is 12.6. The maximum Gasteiger partial charge on any atom is 0.339 e. The number of nitrogens with two attached hydrogens (primary N) is 2. The highest BCUT2D eigenvalue weighted by molar-refractivity contribution is 5.61. The average Bonchev–Trinajstić information content (AvgIpc) is 2.69. The van der Waals surface area contributed by atoms with Gasteiger partial charge >= 0.3 is 11.8 Å². The fourth-order valence-electron chi connectivity index (χ4n) is 4.35. The number of hydrogen-bond acceptors (Lipinski definition) is 2. The molecule has 0 amide bonds. The minimum Gasteiger partial charge on any atom is -0.398 e. The number of benzene rings is 2. The van der Waals surface area contributed by atoms with Crippen LogP contribution in [-0.2, 0) is 35.5 Å². The van der Waals surface area contributed by atoms with E-state index in [4.69, 9.17) is 11.5 Å². The van der Waals surface area contributed by atoms with Crippen LogP contribution in [-0.4, -0.2) is 0 Å². The topological polar surface area (TPSA) is 52.0 Å². The SMILES string of the molecule is CCCc1cc(C(F)(F)C(F)(F)c2cc(CCC)c(N)c(C(C)(C)C)c2)cc(C(C)(C)C)c1N. The van der Waals surface area contributed by atoms with Crippen LogP contribution in [0.25, 0.3) is 0 Å². The summed E-state index contributed by atoms with van der Waals surface area (Å²) in [5, 5.41) is 0. The second-order valence-corrected chi connectivity index (χ2v) is 11.3. The first-order valence-corrected chi connectivity index (χ1v) is 12.0. The van der Waals surface area contributed by atoms with Crippen molar-refractivity contribution in [3.05, 3.63) is 57.6 Å². The van der Waals surface area contributed by atoms with E-state index in [-0.39, 0.29) is 0 Å². The molecule has 0 saturated carbocycles. The van der Waals surface area contributed by atoms with Gasteiger partial charge < -0.3 is 11.5 Å². The van der Waals surface area contributed by atoms with Crippen molar-refractivity contribution in [3.63, 3.8) is 0 Å². The van der Waals surface area contributed by atoms with Gasteiger partial charge in [0.2, 0.25) is 0 Å². The molecule has 0 fully saturated rings. The number of nitrogen functional groups attached to an aromatic ring is 2. The number of anilines is 2. The molecule has 0 aliphatic carbocycles. The second-order valence-electron chi connectivity index (χ2n) is 11.3. The largest absolute Gasteiger partial charge is 0.398 e. The summed E-state index contributed by atoms with van der Waals surface area (Å²) in [5.74, 6) is -8.89. The van der Waals surface area contributed by atoms with E-state index in [0.717, 1.165) is 24.3 Å². The van der Waals surface area contributed by atoms with Crippen molar-refractivity contribution in [2.75, 3.05) is 11.5 Å². The Morgan fingerprint density at radius 2 is 0.882 bits per heavy atom. The molecule has 0 heterocycles. The number of aryl methyl sites for hydroxylation is 2. The van der Waals surface area contributed by atoms with Crippen LogP contribution in [0, 0.1) is 0 Å². The summed E-state index contributed by atoms with van der Waals surface area (Å²) in [4.78, 5) is 0. The third kappa shape index (κ3) is 5.21. The molecule has 4 N–H and O–H groups in total. The molecule has 0 radical (unpaired) electrons. The molecule has 190 valence electrons. The summed E-state index contributed by atoms with van der Waals surface area (Å²) in [7, 11) is 0. The quantitative estimate of drug-likeness (QED) is 0.310. The lowest BCUT2D eigenvalue weighted by molar-refractivity contribution is -0.224. The number of halogens is 4. The average molecular weight is 481 g/mol. The molecular formula is C28H40F4N2. The van der Waals surface area contributed by atoms with E-state index in [1.807, 2.05) is 55.4 Å². The molecule has 2 aromatic carbocycles. The minimum absolute atomic E-state index is 0.393. The Hall–Kier alpha value is -2.24.